The molecule has 0 spiro atoms. The molecule has 0 amide bonds. The van der Waals surface area contributed by atoms with Gasteiger partial charge in [-0.25, -0.2) is 13.1 Å². The minimum atomic E-state index is -3.34. The van der Waals surface area contributed by atoms with E-state index in [1.807, 2.05) is 6.92 Å². The molecule has 9 nitrogen and oxygen atoms in total. The van der Waals surface area contributed by atoms with Crippen molar-refractivity contribution in [2.24, 2.45) is 10.9 Å². The average molecular weight is 556 g/mol. The summed E-state index contributed by atoms with van der Waals surface area (Å²) in [6, 6.07) is 3.51. The summed E-state index contributed by atoms with van der Waals surface area (Å²) in [6.07, 6.45) is 3.39. The van der Waals surface area contributed by atoms with E-state index in [1.54, 1.807) is 33.5 Å². The molecule has 0 aliphatic heterocycles. The second-order valence-electron chi connectivity index (χ2n) is 6.76. The van der Waals surface area contributed by atoms with Gasteiger partial charge in [-0.15, -0.1) is 24.0 Å². The molecule has 11 heteroatoms. The third-order valence-electron chi connectivity index (χ3n) is 4.72. The molecule has 0 heterocycles. The quantitative estimate of drug-likeness (QED) is 0.218. The fourth-order valence-corrected chi connectivity index (χ4v) is 3.85. The molecule has 1 fully saturated rings. The van der Waals surface area contributed by atoms with Crippen LogP contribution in [0.3, 0.4) is 0 Å². The minimum Gasteiger partial charge on any atom is -0.493 e. The topological polar surface area (TPSA) is 110 Å². The van der Waals surface area contributed by atoms with Crippen LogP contribution in [0.1, 0.15) is 26.2 Å². The van der Waals surface area contributed by atoms with Crippen LogP contribution in [-0.4, -0.2) is 61.1 Å². The number of benzene rings is 1. The lowest BCUT2D eigenvalue weighted by molar-refractivity contribution is 0.316. The summed E-state index contributed by atoms with van der Waals surface area (Å²) in [5.41, 5.74) is 0.671. The monoisotopic (exact) mass is 556 g/mol. The van der Waals surface area contributed by atoms with Gasteiger partial charge in [0, 0.05) is 30.9 Å². The van der Waals surface area contributed by atoms with Crippen molar-refractivity contribution in [3.63, 3.8) is 0 Å². The fraction of sp³-hybridized carbons (Fsp3) is 0.632. The molecule has 3 N–H and O–H groups in total. The lowest BCUT2D eigenvalue weighted by Crippen LogP contribution is -2.35. The number of nitrogens with one attached hydrogen (secondary N) is 3. The number of aliphatic imine (C=N–C) groups is 1. The zero-order valence-corrected chi connectivity index (χ0v) is 21.1. The van der Waals surface area contributed by atoms with Gasteiger partial charge in [-0.1, -0.05) is 6.42 Å². The summed E-state index contributed by atoms with van der Waals surface area (Å²) < 4.78 is 43.0. The van der Waals surface area contributed by atoms with Crippen LogP contribution in [0.4, 0.5) is 5.69 Å². The number of hydrogen-bond acceptors (Lipinski definition) is 6. The van der Waals surface area contributed by atoms with Crippen LogP contribution >= 0.6 is 24.0 Å². The summed E-state index contributed by atoms with van der Waals surface area (Å²) in [4.78, 5) is 4.37. The molecule has 1 aromatic rings. The Hall–Kier alpha value is -1.47. The van der Waals surface area contributed by atoms with E-state index < -0.39 is 10.0 Å². The van der Waals surface area contributed by atoms with Crippen molar-refractivity contribution in [2.75, 3.05) is 52.0 Å². The van der Waals surface area contributed by atoms with Crippen LogP contribution < -0.4 is 29.6 Å². The van der Waals surface area contributed by atoms with Crippen molar-refractivity contribution in [2.45, 2.75) is 26.2 Å². The van der Waals surface area contributed by atoms with Gasteiger partial charge in [-0.05, 0) is 25.7 Å². The molecule has 30 heavy (non-hydrogen) atoms. The maximum absolute atomic E-state index is 12.1. The fourth-order valence-electron chi connectivity index (χ4n) is 2.89. The molecule has 0 unspecified atom stereocenters. The molecular weight excluding hydrogens is 523 g/mol. The Morgan fingerprint density at radius 2 is 1.77 bits per heavy atom. The van der Waals surface area contributed by atoms with Gasteiger partial charge in [-0.3, -0.25) is 4.99 Å². The summed E-state index contributed by atoms with van der Waals surface area (Å²) in [5, 5.41) is 6.24. The SMILES string of the molecule is CCNC(=NCCS(=O)(=O)NCC1CCC1)Nc1cc(OC)c(OC)c(OC)c1.I. The maximum atomic E-state index is 12.1. The highest BCUT2D eigenvalue weighted by Gasteiger charge is 2.20. The first-order valence-corrected chi connectivity index (χ1v) is 11.4. The number of ether oxygens (including phenoxy) is 3. The van der Waals surface area contributed by atoms with Gasteiger partial charge in [0.2, 0.25) is 15.8 Å². The van der Waals surface area contributed by atoms with Crippen molar-refractivity contribution in [3.8, 4) is 17.2 Å². The molecule has 2 rings (SSSR count). The molecule has 1 aliphatic rings. The number of anilines is 1. The number of hydrogen-bond donors (Lipinski definition) is 3. The molecule has 1 aliphatic carbocycles. The molecule has 1 saturated carbocycles. The van der Waals surface area contributed by atoms with Crippen molar-refractivity contribution >= 4 is 45.6 Å². The van der Waals surface area contributed by atoms with E-state index in [-0.39, 0.29) is 36.3 Å². The third kappa shape index (κ3) is 7.99. The van der Waals surface area contributed by atoms with E-state index in [0.717, 1.165) is 12.8 Å². The molecule has 0 saturated heterocycles. The van der Waals surface area contributed by atoms with E-state index in [2.05, 4.69) is 20.3 Å². The van der Waals surface area contributed by atoms with E-state index >= 15 is 0 Å². The molecule has 172 valence electrons. The molecule has 1 aromatic carbocycles. The number of rotatable bonds is 11. The summed E-state index contributed by atoms with van der Waals surface area (Å²) in [5.74, 6) is 2.39. The van der Waals surface area contributed by atoms with Crippen LogP contribution in [0.25, 0.3) is 0 Å². The first-order valence-electron chi connectivity index (χ1n) is 9.75. The van der Waals surface area contributed by atoms with Gasteiger partial charge in [0.15, 0.2) is 17.5 Å². The number of halogens is 1. The predicted molar refractivity (Wildman–Crippen MR) is 130 cm³/mol. The zero-order valence-electron chi connectivity index (χ0n) is 18.0. The van der Waals surface area contributed by atoms with Crippen molar-refractivity contribution in [1.82, 2.24) is 10.0 Å². The second kappa shape index (κ2) is 13.1. The van der Waals surface area contributed by atoms with Gasteiger partial charge in [0.05, 0.1) is 33.6 Å². The normalized spacial score (nSPS) is 14.3. The maximum Gasteiger partial charge on any atom is 0.213 e. The molecule has 0 atom stereocenters. The van der Waals surface area contributed by atoms with Gasteiger partial charge in [-0.2, -0.15) is 0 Å². The van der Waals surface area contributed by atoms with E-state index in [0.29, 0.717) is 47.9 Å². The standard InChI is InChI=1S/C19H32N4O5S.HI/c1-5-20-19(21-9-10-29(24,25)22-13-14-7-6-8-14)23-15-11-16(26-2)18(28-4)17(12-15)27-3;/h11-12,14,22H,5-10,13H2,1-4H3,(H2,20,21,23);1H. The lowest BCUT2D eigenvalue weighted by Gasteiger charge is -2.25. The first kappa shape index (κ1) is 26.6. The Morgan fingerprint density at radius 3 is 2.23 bits per heavy atom. The highest BCUT2D eigenvalue weighted by molar-refractivity contribution is 14.0. The average Bonchev–Trinajstić information content (AvgIpc) is 2.65. The summed E-state index contributed by atoms with van der Waals surface area (Å²) in [6.45, 7) is 3.22. The largest absolute Gasteiger partial charge is 0.493 e. The van der Waals surface area contributed by atoms with Gasteiger partial charge in [0.25, 0.3) is 0 Å². The van der Waals surface area contributed by atoms with Crippen LogP contribution in [0, 0.1) is 5.92 Å². The predicted octanol–water partition coefficient (Wildman–Crippen LogP) is 2.43. The zero-order chi connectivity index (χ0) is 21.3. The van der Waals surface area contributed by atoms with E-state index in [4.69, 9.17) is 14.2 Å². The van der Waals surface area contributed by atoms with Crippen LogP contribution in [0.5, 0.6) is 17.2 Å². The number of guanidine groups is 1. The third-order valence-corrected chi connectivity index (χ3v) is 6.04. The smallest absolute Gasteiger partial charge is 0.213 e. The highest BCUT2D eigenvalue weighted by atomic mass is 127. The summed E-state index contributed by atoms with van der Waals surface area (Å²) >= 11 is 0. The Bertz CT molecular complexity index is 775. The first-order chi connectivity index (χ1) is 13.9. The second-order valence-corrected chi connectivity index (χ2v) is 8.69. The highest BCUT2D eigenvalue weighted by Crippen LogP contribution is 2.39. The number of sulfonamides is 1. The van der Waals surface area contributed by atoms with E-state index in [9.17, 15) is 8.42 Å². The van der Waals surface area contributed by atoms with E-state index in [1.165, 1.54) is 6.42 Å². The Balaban J connectivity index is 0.00000450. The van der Waals surface area contributed by atoms with Crippen LogP contribution in [0.15, 0.2) is 17.1 Å². The van der Waals surface area contributed by atoms with Gasteiger partial charge < -0.3 is 24.8 Å². The Morgan fingerprint density at radius 1 is 1.13 bits per heavy atom. The molecular formula is C19H33IN4O5S. The number of methoxy groups -OCH3 is 3. The summed E-state index contributed by atoms with van der Waals surface area (Å²) in [7, 11) is 1.29. The minimum absolute atomic E-state index is 0. The Labute approximate surface area is 196 Å². The van der Waals surface area contributed by atoms with Gasteiger partial charge >= 0.3 is 0 Å². The molecule has 0 radical (unpaired) electrons. The van der Waals surface area contributed by atoms with Crippen LogP contribution in [0.2, 0.25) is 0 Å². The van der Waals surface area contributed by atoms with Crippen molar-refractivity contribution < 1.29 is 22.6 Å². The van der Waals surface area contributed by atoms with Crippen molar-refractivity contribution in [3.05, 3.63) is 12.1 Å². The number of nitrogens with zero attached hydrogens (tertiary/aromatic N) is 1. The Kier molecular flexibility index (Phi) is 11.6. The van der Waals surface area contributed by atoms with Gasteiger partial charge in [0.1, 0.15) is 0 Å². The van der Waals surface area contributed by atoms with Crippen molar-refractivity contribution in [1.29, 1.82) is 0 Å². The molecule has 0 bridgehead atoms. The molecule has 0 aromatic heterocycles. The van der Waals surface area contributed by atoms with Crippen LogP contribution in [-0.2, 0) is 10.0 Å². The lowest BCUT2D eigenvalue weighted by atomic mass is 9.86.